The topological polar surface area (TPSA) is 105 Å². The minimum absolute atomic E-state index is 0.0142. The highest BCUT2D eigenvalue weighted by atomic mass is 35.5. The van der Waals surface area contributed by atoms with Crippen LogP contribution < -0.4 is 19.1 Å². The summed E-state index contributed by atoms with van der Waals surface area (Å²) in [5.74, 6) is -0.335. The molecule has 2 unspecified atom stereocenters. The van der Waals surface area contributed by atoms with Crippen molar-refractivity contribution in [2.24, 2.45) is 0 Å². The summed E-state index contributed by atoms with van der Waals surface area (Å²) in [4.78, 5) is 29.5. The highest BCUT2D eigenvalue weighted by Gasteiger charge is 2.34. The fraction of sp³-hybridized carbons (Fsp3) is 0.355. The van der Waals surface area contributed by atoms with E-state index in [1.165, 1.54) is 17.9 Å². The summed E-state index contributed by atoms with van der Waals surface area (Å²) in [6, 6.07) is 17.8. The number of benzene rings is 3. The molecule has 1 aliphatic heterocycles. The van der Waals surface area contributed by atoms with Crippen molar-refractivity contribution in [2.75, 3.05) is 23.4 Å². The van der Waals surface area contributed by atoms with E-state index in [1.807, 2.05) is 44.2 Å². The Hall–Kier alpha value is -3.47. The highest BCUT2D eigenvalue weighted by molar-refractivity contribution is 7.92. The van der Waals surface area contributed by atoms with E-state index < -0.39 is 28.5 Å². The smallest absolute Gasteiger partial charge is 0.244 e. The maximum atomic E-state index is 14.3. The maximum absolute atomic E-state index is 14.3. The number of ether oxygens (including phenoxy) is 2. The summed E-state index contributed by atoms with van der Waals surface area (Å²) in [5, 5.41) is 3.74. The van der Waals surface area contributed by atoms with Crippen molar-refractivity contribution in [3.63, 3.8) is 0 Å². The van der Waals surface area contributed by atoms with Gasteiger partial charge in [0.05, 0.1) is 11.4 Å². The number of anilines is 1. The van der Waals surface area contributed by atoms with Crippen molar-refractivity contribution in [1.82, 2.24) is 10.2 Å². The molecule has 0 saturated heterocycles. The average Bonchev–Trinajstić information content (AvgIpc) is 3.47. The largest absolute Gasteiger partial charge is 0.454 e. The second-order valence-electron chi connectivity index (χ2n) is 10.2. The van der Waals surface area contributed by atoms with Gasteiger partial charge in [0.1, 0.15) is 12.6 Å². The van der Waals surface area contributed by atoms with Crippen LogP contribution in [0.1, 0.15) is 38.3 Å². The molecule has 0 aromatic heterocycles. The third kappa shape index (κ3) is 8.13. The molecule has 1 N–H and O–H groups in total. The van der Waals surface area contributed by atoms with Crippen LogP contribution in [0.3, 0.4) is 0 Å². The first-order chi connectivity index (χ1) is 20.5. The number of hydrogen-bond acceptors (Lipinski definition) is 6. The van der Waals surface area contributed by atoms with Crippen LogP contribution in [0.15, 0.2) is 66.7 Å². The Balaban J connectivity index is 1.77. The van der Waals surface area contributed by atoms with Crippen LogP contribution in [0.5, 0.6) is 11.5 Å². The quantitative estimate of drug-likeness (QED) is 0.265. The van der Waals surface area contributed by atoms with Gasteiger partial charge in [-0.2, -0.15) is 0 Å². The third-order valence-corrected chi connectivity index (χ3v) is 9.58. The fourth-order valence-corrected chi connectivity index (χ4v) is 6.11. The number of carbonyl (C=O) groups excluding carboxylic acids is 2. The van der Waals surface area contributed by atoms with Gasteiger partial charge in [-0.3, -0.25) is 13.9 Å². The van der Waals surface area contributed by atoms with E-state index in [4.69, 9.17) is 32.7 Å². The molecule has 3 aromatic rings. The number of hydrogen-bond donors (Lipinski definition) is 1. The zero-order chi connectivity index (χ0) is 31.1. The number of rotatable bonds is 13. The van der Waals surface area contributed by atoms with Crippen LogP contribution in [-0.4, -0.2) is 56.3 Å². The molecule has 0 aliphatic carbocycles. The van der Waals surface area contributed by atoms with E-state index >= 15 is 0 Å². The molecule has 0 fully saturated rings. The monoisotopic (exact) mass is 647 g/mol. The summed E-state index contributed by atoms with van der Waals surface area (Å²) in [6.07, 6.45) is 0.887. The predicted octanol–water partition coefficient (Wildman–Crippen LogP) is 5.43. The van der Waals surface area contributed by atoms with E-state index in [2.05, 4.69) is 5.32 Å². The lowest BCUT2D eigenvalue weighted by molar-refractivity contribution is -0.140. The molecule has 0 radical (unpaired) electrons. The van der Waals surface area contributed by atoms with Gasteiger partial charge >= 0.3 is 0 Å². The molecule has 43 heavy (non-hydrogen) atoms. The van der Waals surface area contributed by atoms with Gasteiger partial charge in [0.2, 0.25) is 28.6 Å². The molecular weight excluding hydrogens is 613 g/mol. The second kappa shape index (κ2) is 14.3. The van der Waals surface area contributed by atoms with Gasteiger partial charge in [0.25, 0.3) is 0 Å². The van der Waals surface area contributed by atoms with Crippen LogP contribution in [0.2, 0.25) is 10.0 Å². The molecule has 230 valence electrons. The van der Waals surface area contributed by atoms with E-state index in [-0.39, 0.29) is 43.1 Å². The molecule has 0 saturated carbocycles. The van der Waals surface area contributed by atoms with Crippen LogP contribution in [0, 0.1) is 0 Å². The van der Waals surface area contributed by atoms with Crippen molar-refractivity contribution in [3.8, 4) is 11.5 Å². The molecule has 3 aromatic carbocycles. The molecule has 0 bridgehead atoms. The number of nitrogens with zero attached hydrogens (tertiary/aromatic N) is 2. The Morgan fingerprint density at radius 2 is 1.70 bits per heavy atom. The molecule has 9 nitrogen and oxygen atoms in total. The Kier molecular flexibility index (Phi) is 10.8. The SMILES string of the molecule is CCC(C)NC(=O)C(Cc1ccccc1)N(Cc1ccc(Cl)cc1Cl)C(=O)CN(c1ccc2c(c1)OCO2)S(=O)(=O)CC. The van der Waals surface area contributed by atoms with Crippen molar-refractivity contribution >= 4 is 50.7 Å². The van der Waals surface area contributed by atoms with E-state index in [0.29, 0.717) is 33.5 Å². The van der Waals surface area contributed by atoms with E-state index in [1.54, 1.807) is 30.3 Å². The van der Waals surface area contributed by atoms with Gasteiger partial charge in [0, 0.05) is 35.1 Å². The lowest BCUT2D eigenvalue weighted by atomic mass is 10.0. The second-order valence-corrected chi connectivity index (χ2v) is 13.3. The molecule has 0 spiro atoms. The third-order valence-electron chi connectivity index (χ3n) is 7.25. The highest BCUT2D eigenvalue weighted by Crippen LogP contribution is 2.36. The fourth-order valence-electron chi connectivity index (χ4n) is 4.59. The summed E-state index contributed by atoms with van der Waals surface area (Å²) in [5.41, 5.74) is 1.63. The maximum Gasteiger partial charge on any atom is 0.244 e. The van der Waals surface area contributed by atoms with Gasteiger partial charge in [-0.15, -0.1) is 0 Å². The first-order valence-electron chi connectivity index (χ1n) is 14.0. The van der Waals surface area contributed by atoms with Crippen LogP contribution in [0.4, 0.5) is 5.69 Å². The predicted molar refractivity (Wildman–Crippen MR) is 168 cm³/mol. The van der Waals surface area contributed by atoms with E-state index in [9.17, 15) is 18.0 Å². The molecule has 2 atom stereocenters. The van der Waals surface area contributed by atoms with Crippen molar-refractivity contribution in [1.29, 1.82) is 0 Å². The zero-order valence-electron chi connectivity index (χ0n) is 24.3. The average molecular weight is 649 g/mol. The summed E-state index contributed by atoms with van der Waals surface area (Å²) in [7, 11) is -3.93. The van der Waals surface area contributed by atoms with Crippen LogP contribution in [-0.2, 0) is 32.6 Å². The van der Waals surface area contributed by atoms with Gasteiger partial charge in [-0.25, -0.2) is 8.42 Å². The summed E-state index contributed by atoms with van der Waals surface area (Å²) >= 11 is 12.7. The summed E-state index contributed by atoms with van der Waals surface area (Å²) in [6.45, 7) is 4.74. The van der Waals surface area contributed by atoms with Crippen LogP contribution >= 0.6 is 23.2 Å². The number of carbonyl (C=O) groups is 2. The first-order valence-corrected chi connectivity index (χ1v) is 16.4. The minimum Gasteiger partial charge on any atom is -0.454 e. The zero-order valence-corrected chi connectivity index (χ0v) is 26.6. The van der Waals surface area contributed by atoms with Crippen molar-refractivity contribution < 1.29 is 27.5 Å². The molecule has 2 amide bonds. The normalized spacial score (nSPS) is 13.7. The Morgan fingerprint density at radius 3 is 2.37 bits per heavy atom. The molecule has 4 rings (SSSR count). The standard InChI is InChI=1S/C31H35Cl2N3O6S/c1-4-21(3)34-31(38)27(15-22-9-7-6-8-10-22)35(18-23-11-12-24(32)16-26(23)33)30(37)19-36(43(39,40)5-2)25-13-14-28-29(17-25)42-20-41-28/h6-14,16-17,21,27H,4-5,15,18-20H2,1-3H3,(H,34,38). The van der Waals surface area contributed by atoms with Gasteiger partial charge < -0.3 is 19.7 Å². The molecule has 12 heteroatoms. The van der Waals surface area contributed by atoms with Gasteiger partial charge in [-0.05, 0) is 55.7 Å². The summed E-state index contributed by atoms with van der Waals surface area (Å²) < 4.78 is 38.6. The number of fused-ring (bicyclic) bond motifs is 1. The number of sulfonamides is 1. The number of halogens is 2. The van der Waals surface area contributed by atoms with Gasteiger partial charge in [0.15, 0.2) is 11.5 Å². The van der Waals surface area contributed by atoms with Crippen molar-refractivity contribution in [3.05, 3.63) is 87.9 Å². The van der Waals surface area contributed by atoms with Crippen molar-refractivity contribution in [2.45, 2.75) is 52.2 Å². The molecule has 1 heterocycles. The minimum atomic E-state index is -3.93. The Labute approximate surface area is 262 Å². The first kappa shape index (κ1) is 32.4. The van der Waals surface area contributed by atoms with Crippen LogP contribution in [0.25, 0.3) is 0 Å². The Morgan fingerprint density at radius 1 is 0.977 bits per heavy atom. The lowest BCUT2D eigenvalue weighted by Crippen LogP contribution is -2.54. The van der Waals surface area contributed by atoms with Gasteiger partial charge in [-0.1, -0.05) is 66.5 Å². The Bertz CT molecular complexity index is 1550. The number of amides is 2. The molecular formula is C31H35Cl2N3O6S. The lowest BCUT2D eigenvalue weighted by Gasteiger charge is -2.34. The molecule has 1 aliphatic rings. The van der Waals surface area contributed by atoms with E-state index in [0.717, 1.165) is 9.87 Å². The number of nitrogens with one attached hydrogen (secondary N) is 1.